The maximum atomic E-state index is 13.3. The van der Waals surface area contributed by atoms with Crippen molar-refractivity contribution in [1.82, 2.24) is 24.6 Å². The molecule has 0 radical (unpaired) electrons. The highest BCUT2D eigenvalue weighted by atomic mass is 16.5. The van der Waals surface area contributed by atoms with E-state index in [9.17, 15) is 9.59 Å². The number of carbonyl (C=O) groups excluding carboxylic acids is 2. The van der Waals surface area contributed by atoms with E-state index in [0.29, 0.717) is 54.6 Å². The number of ether oxygens (including phenoxy) is 1. The average molecular weight is 462 g/mol. The Kier molecular flexibility index (Phi) is 5.22. The summed E-state index contributed by atoms with van der Waals surface area (Å²) in [5, 5.41) is 4.09. The fourth-order valence-electron chi connectivity index (χ4n) is 4.71. The van der Waals surface area contributed by atoms with Crippen LogP contribution < -0.4 is 14.5 Å². The molecule has 5 heterocycles. The highest BCUT2D eigenvalue weighted by molar-refractivity contribution is 6.11. The van der Waals surface area contributed by atoms with Crippen LogP contribution in [-0.4, -0.2) is 69.8 Å². The van der Waals surface area contributed by atoms with E-state index in [1.54, 1.807) is 60.7 Å². The van der Waals surface area contributed by atoms with Gasteiger partial charge >= 0.3 is 0 Å². The van der Waals surface area contributed by atoms with E-state index >= 15 is 0 Å². The van der Waals surface area contributed by atoms with Crippen LogP contribution in [0.15, 0.2) is 43.0 Å². The summed E-state index contributed by atoms with van der Waals surface area (Å²) in [7, 11) is 3.36. The van der Waals surface area contributed by atoms with Gasteiger partial charge in [-0.3, -0.25) is 24.2 Å². The molecule has 2 aliphatic rings. The van der Waals surface area contributed by atoms with Gasteiger partial charge in [0.25, 0.3) is 11.8 Å². The van der Waals surface area contributed by atoms with Gasteiger partial charge in [-0.1, -0.05) is 0 Å². The molecule has 0 aliphatic carbocycles. The van der Waals surface area contributed by atoms with Gasteiger partial charge < -0.3 is 14.5 Å². The van der Waals surface area contributed by atoms with E-state index in [0.717, 1.165) is 5.69 Å². The Hall–Kier alpha value is -3.95. The van der Waals surface area contributed by atoms with Crippen LogP contribution >= 0.6 is 0 Å². The van der Waals surface area contributed by atoms with Gasteiger partial charge in [-0.05, 0) is 26.0 Å². The molecular formula is C24H27N7O3. The molecule has 1 fully saturated rings. The third kappa shape index (κ3) is 3.55. The predicted molar refractivity (Wildman–Crippen MR) is 126 cm³/mol. The van der Waals surface area contributed by atoms with Crippen LogP contribution in [0.5, 0.6) is 5.88 Å². The van der Waals surface area contributed by atoms with Crippen LogP contribution in [0.2, 0.25) is 0 Å². The minimum absolute atomic E-state index is 0.00951. The zero-order valence-electron chi connectivity index (χ0n) is 19.7. The molecule has 2 aliphatic heterocycles. The molecule has 2 amide bonds. The summed E-state index contributed by atoms with van der Waals surface area (Å²) in [6.45, 7) is 6.49. The van der Waals surface area contributed by atoms with Crippen molar-refractivity contribution in [3.05, 3.63) is 59.8 Å². The maximum Gasteiger partial charge on any atom is 0.261 e. The number of aromatic nitrogens is 4. The van der Waals surface area contributed by atoms with Crippen LogP contribution in [0.4, 0.5) is 11.4 Å². The van der Waals surface area contributed by atoms with Crippen molar-refractivity contribution in [2.24, 2.45) is 7.05 Å². The number of amides is 2. The first-order valence-corrected chi connectivity index (χ1v) is 11.2. The van der Waals surface area contributed by atoms with Crippen LogP contribution in [0.1, 0.15) is 40.3 Å². The molecule has 10 nitrogen and oxygen atoms in total. The lowest BCUT2D eigenvalue weighted by Gasteiger charge is -2.37. The molecule has 0 saturated carbocycles. The van der Waals surface area contributed by atoms with Gasteiger partial charge in [0.1, 0.15) is 0 Å². The summed E-state index contributed by atoms with van der Waals surface area (Å²) in [6, 6.07) is 5.45. The lowest BCUT2D eigenvalue weighted by Crippen LogP contribution is -2.48. The third-order valence-corrected chi connectivity index (χ3v) is 6.50. The van der Waals surface area contributed by atoms with Crippen molar-refractivity contribution in [2.75, 3.05) is 43.1 Å². The van der Waals surface area contributed by atoms with Crippen molar-refractivity contribution >= 4 is 23.2 Å². The van der Waals surface area contributed by atoms with Crippen LogP contribution in [0.3, 0.4) is 0 Å². The number of methoxy groups -OCH3 is 1. The second kappa shape index (κ2) is 8.12. The van der Waals surface area contributed by atoms with Gasteiger partial charge in [-0.2, -0.15) is 5.10 Å². The van der Waals surface area contributed by atoms with Gasteiger partial charge in [-0.15, -0.1) is 0 Å². The van der Waals surface area contributed by atoms with Gasteiger partial charge in [0.15, 0.2) is 0 Å². The van der Waals surface area contributed by atoms with E-state index < -0.39 is 5.54 Å². The molecule has 10 heteroatoms. The van der Waals surface area contributed by atoms with Gasteiger partial charge in [-0.25, -0.2) is 4.98 Å². The fraction of sp³-hybridized carbons (Fsp3) is 0.375. The second-order valence-corrected chi connectivity index (χ2v) is 9.03. The normalized spacial score (nSPS) is 17.2. The number of anilines is 2. The van der Waals surface area contributed by atoms with Crippen molar-refractivity contribution in [1.29, 1.82) is 0 Å². The number of fused-ring (bicyclic) bond motifs is 1. The molecule has 0 N–H and O–H groups in total. The quantitative estimate of drug-likeness (QED) is 0.587. The Labute approximate surface area is 197 Å². The van der Waals surface area contributed by atoms with E-state index in [1.807, 2.05) is 24.8 Å². The molecule has 34 heavy (non-hydrogen) atoms. The van der Waals surface area contributed by atoms with E-state index in [-0.39, 0.29) is 11.8 Å². The largest absolute Gasteiger partial charge is 0.481 e. The molecule has 3 aromatic heterocycles. The Morgan fingerprint density at radius 1 is 1.06 bits per heavy atom. The summed E-state index contributed by atoms with van der Waals surface area (Å²) in [5.74, 6) is 0.359. The summed E-state index contributed by atoms with van der Waals surface area (Å²) in [4.78, 5) is 40.8. The van der Waals surface area contributed by atoms with Crippen LogP contribution in [0.25, 0.3) is 0 Å². The van der Waals surface area contributed by atoms with E-state index in [1.165, 1.54) is 0 Å². The smallest absolute Gasteiger partial charge is 0.261 e. The van der Waals surface area contributed by atoms with Crippen LogP contribution in [0, 0.1) is 0 Å². The maximum absolute atomic E-state index is 13.3. The van der Waals surface area contributed by atoms with E-state index in [4.69, 9.17) is 4.74 Å². The average Bonchev–Trinajstić information content (AvgIpc) is 3.37. The molecule has 0 spiro atoms. The molecule has 1 saturated heterocycles. The number of nitrogens with zero attached hydrogens (tertiary/aromatic N) is 7. The van der Waals surface area contributed by atoms with Crippen molar-refractivity contribution in [2.45, 2.75) is 19.4 Å². The predicted octanol–water partition coefficient (Wildman–Crippen LogP) is 2.08. The minimum atomic E-state index is -0.657. The number of rotatable bonds is 4. The second-order valence-electron chi connectivity index (χ2n) is 9.03. The van der Waals surface area contributed by atoms with Crippen LogP contribution in [-0.2, 0) is 12.6 Å². The zero-order chi connectivity index (χ0) is 24.0. The number of pyridine rings is 2. The first-order chi connectivity index (χ1) is 16.3. The highest BCUT2D eigenvalue weighted by Crippen LogP contribution is 2.42. The van der Waals surface area contributed by atoms with Gasteiger partial charge in [0.05, 0.1) is 59.4 Å². The summed E-state index contributed by atoms with van der Waals surface area (Å²) < 4.78 is 6.90. The van der Waals surface area contributed by atoms with Crippen molar-refractivity contribution in [3.8, 4) is 5.88 Å². The molecule has 0 aromatic carbocycles. The third-order valence-electron chi connectivity index (χ3n) is 6.50. The number of hydrogen-bond donors (Lipinski definition) is 0. The monoisotopic (exact) mass is 461 g/mol. The molecule has 0 atom stereocenters. The minimum Gasteiger partial charge on any atom is -0.481 e. The number of carbonyl (C=O) groups is 2. The Bertz CT molecular complexity index is 1260. The van der Waals surface area contributed by atoms with Gasteiger partial charge in [0.2, 0.25) is 5.88 Å². The Morgan fingerprint density at radius 2 is 1.79 bits per heavy atom. The number of hydrogen-bond acceptors (Lipinski definition) is 7. The zero-order valence-corrected chi connectivity index (χ0v) is 19.7. The molecule has 0 unspecified atom stereocenters. The Morgan fingerprint density at radius 3 is 2.47 bits per heavy atom. The fourth-order valence-corrected chi connectivity index (χ4v) is 4.71. The molecular weight excluding hydrogens is 434 g/mol. The SMILES string of the molecule is COc1ccc2c(n1)C(C)(C)N(c1cncc(N3CCN(C(=O)c4cnn(C)c4)CC3)c1)C2=O. The lowest BCUT2D eigenvalue weighted by atomic mass is 9.99. The number of piperazine rings is 1. The molecule has 0 bridgehead atoms. The first-order valence-electron chi connectivity index (χ1n) is 11.2. The summed E-state index contributed by atoms with van der Waals surface area (Å²) >= 11 is 0. The lowest BCUT2D eigenvalue weighted by molar-refractivity contribution is 0.0746. The summed E-state index contributed by atoms with van der Waals surface area (Å²) in [6.07, 6.45) is 6.83. The molecule has 3 aromatic rings. The van der Waals surface area contributed by atoms with E-state index in [2.05, 4.69) is 20.0 Å². The van der Waals surface area contributed by atoms with Crippen molar-refractivity contribution in [3.63, 3.8) is 0 Å². The number of aryl methyl sites for hydroxylation is 1. The summed E-state index contributed by atoms with van der Waals surface area (Å²) in [5.41, 5.74) is 2.81. The first kappa shape index (κ1) is 21.9. The van der Waals surface area contributed by atoms with Gasteiger partial charge in [0, 0.05) is 45.5 Å². The standard InChI is InChI=1S/C24H27N7O3/c1-24(2)21-19(5-6-20(27-21)34-4)23(33)31(24)18-11-17(13-25-14-18)29-7-9-30(10-8-29)22(32)16-12-26-28(3)15-16/h5-6,11-15H,7-10H2,1-4H3. The topological polar surface area (TPSA) is 96.7 Å². The Balaban J connectivity index is 1.34. The highest BCUT2D eigenvalue weighted by Gasteiger charge is 2.45. The molecule has 176 valence electrons. The van der Waals surface area contributed by atoms with Crippen molar-refractivity contribution < 1.29 is 14.3 Å². The molecule has 5 rings (SSSR count).